The molecule has 0 fully saturated rings. The van der Waals surface area contributed by atoms with Gasteiger partial charge in [-0.1, -0.05) is 27.7 Å². The van der Waals surface area contributed by atoms with Crippen LogP contribution in [0.3, 0.4) is 0 Å². The van der Waals surface area contributed by atoms with Crippen molar-refractivity contribution >= 4 is 5.91 Å². The third kappa shape index (κ3) is 6.93. The van der Waals surface area contributed by atoms with Crippen molar-refractivity contribution in [3.05, 3.63) is 24.3 Å². The van der Waals surface area contributed by atoms with Crippen LogP contribution >= 0.6 is 0 Å². The summed E-state index contributed by atoms with van der Waals surface area (Å²) >= 11 is 0. The van der Waals surface area contributed by atoms with Crippen LogP contribution in [0.2, 0.25) is 0 Å². The Morgan fingerprint density at radius 1 is 1.09 bits per heavy atom. The zero-order chi connectivity index (χ0) is 17.7. The zero-order valence-corrected chi connectivity index (χ0v) is 15.5. The number of ether oxygens (including phenoxy) is 2. The maximum Gasteiger partial charge on any atom is 0.261 e. The number of benzene rings is 1. The number of hydrogen-bond donors (Lipinski definition) is 1. The third-order valence-corrected chi connectivity index (χ3v) is 3.43. The van der Waals surface area contributed by atoms with Crippen LogP contribution in [0.15, 0.2) is 24.3 Å². The van der Waals surface area contributed by atoms with E-state index in [1.807, 2.05) is 31.2 Å². The van der Waals surface area contributed by atoms with E-state index in [2.05, 4.69) is 39.9 Å². The fourth-order valence-electron chi connectivity index (χ4n) is 2.92. The van der Waals surface area contributed by atoms with Gasteiger partial charge in [-0.05, 0) is 56.4 Å². The molecule has 0 saturated heterocycles. The number of rotatable bonds is 7. The van der Waals surface area contributed by atoms with Crippen LogP contribution in [0.1, 0.15) is 54.4 Å². The van der Waals surface area contributed by atoms with Gasteiger partial charge in [0.1, 0.15) is 11.5 Å². The van der Waals surface area contributed by atoms with Gasteiger partial charge < -0.3 is 14.8 Å². The molecule has 1 aromatic rings. The molecule has 1 atom stereocenters. The molecule has 4 nitrogen and oxygen atoms in total. The molecule has 4 heteroatoms. The Hall–Kier alpha value is -1.71. The quantitative estimate of drug-likeness (QED) is 0.819. The predicted octanol–water partition coefficient (Wildman–Crippen LogP) is 4.18. The van der Waals surface area contributed by atoms with Gasteiger partial charge in [0.05, 0.1) is 7.11 Å². The first-order valence-electron chi connectivity index (χ1n) is 8.19. The van der Waals surface area contributed by atoms with E-state index in [1.165, 1.54) is 0 Å². The zero-order valence-electron chi connectivity index (χ0n) is 15.5. The van der Waals surface area contributed by atoms with Gasteiger partial charge in [0, 0.05) is 5.54 Å². The van der Waals surface area contributed by atoms with Crippen LogP contribution in [0.5, 0.6) is 11.5 Å². The standard InChI is InChI=1S/C19H31NO3/c1-8-16(23-15-11-9-14(22-7)10-12-15)17(21)20-19(5,6)13-18(2,3)4/h9-12,16H,8,13H2,1-7H3,(H,20,21)/t16-/m1/s1. The number of methoxy groups -OCH3 is 1. The Kier molecular flexibility index (Phi) is 6.48. The summed E-state index contributed by atoms with van der Waals surface area (Å²) in [6.07, 6.45) is 1.01. The van der Waals surface area contributed by atoms with Crippen LogP contribution in [0, 0.1) is 5.41 Å². The lowest BCUT2D eigenvalue weighted by molar-refractivity contribution is -0.130. The summed E-state index contributed by atoms with van der Waals surface area (Å²) in [5, 5.41) is 3.12. The van der Waals surface area contributed by atoms with E-state index in [0.717, 1.165) is 12.2 Å². The number of hydrogen-bond acceptors (Lipinski definition) is 3. The average molecular weight is 321 g/mol. The van der Waals surface area contributed by atoms with Crippen molar-refractivity contribution in [1.29, 1.82) is 0 Å². The van der Waals surface area contributed by atoms with Gasteiger partial charge in [0.15, 0.2) is 6.10 Å². The van der Waals surface area contributed by atoms with Crippen LogP contribution < -0.4 is 14.8 Å². The third-order valence-electron chi connectivity index (χ3n) is 3.43. The van der Waals surface area contributed by atoms with Crippen molar-refractivity contribution in [1.82, 2.24) is 5.32 Å². The van der Waals surface area contributed by atoms with E-state index in [0.29, 0.717) is 12.2 Å². The summed E-state index contributed by atoms with van der Waals surface area (Å²) < 4.78 is 11.0. The Bertz CT molecular complexity index is 500. The lowest BCUT2D eigenvalue weighted by atomic mass is 9.81. The van der Waals surface area contributed by atoms with Gasteiger partial charge in [-0.25, -0.2) is 0 Å². The number of nitrogens with one attached hydrogen (secondary N) is 1. The van der Waals surface area contributed by atoms with E-state index in [9.17, 15) is 4.79 Å². The molecule has 0 aromatic heterocycles. The maximum atomic E-state index is 12.5. The van der Waals surface area contributed by atoms with E-state index in [4.69, 9.17) is 9.47 Å². The molecule has 0 aliphatic carbocycles. The van der Waals surface area contributed by atoms with Crippen molar-refractivity contribution in [2.24, 2.45) is 5.41 Å². The SMILES string of the molecule is CC[C@@H](Oc1ccc(OC)cc1)C(=O)NC(C)(C)CC(C)(C)C. The Morgan fingerprint density at radius 3 is 2.04 bits per heavy atom. The molecule has 0 aliphatic rings. The van der Waals surface area contributed by atoms with E-state index < -0.39 is 6.10 Å². The topological polar surface area (TPSA) is 47.6 Å². The molecule has 1 rings (SSSR count). The molecule has 0 aliphatic heterocycles. The van der Waals surface area contributed by atoms with Gasteiger partial charge >= 0.3 is 0 Å². The monoisotopic (exact) mass is 321 g/mol. The second-order valence-electron chi connectivity index (χ2n) is 7.80. The Morgan fingerprint density at radius 2 is 1.61 bits per heavy atom. The highest BCUT2D eigenvalue weighted by Crippen LogP contribution is 2.27. The predicted molar refractivity (Wildman–Crippen MR) is 94.0 cm³/mol. The van der Waals surface area contributed by atoms with Crippen LogP contribution in [-0.2, 0) is 4.79 Å². The highest BCUT2D eigenvalue weighted by atomic mass is 16.5. The van der Waals surface area contributed by atoms with Crippen molar-refractivity contribution in [3.8, 4) is 11.5 Å². The minimum atomic E-state index is -0.498. The number of carbonyl (C=O) groups excluding carboxylic acids is 1. The molecule has 0 saturated carbocycles. The summed E-state index contributed by atoms with van der Waals surface area (Å²) in [6.45, 7) is 12.6. The molecule has 0 spiro atoms. The summed E-state index contributed by atoms with van der Waals surface area (Å²) in [4.78, 5) is 12.5. The van der Waals surface area contributed by atoms with Crippen LogP contribution in [-0.4, -0.2) is 24.7 Å². The normalized spacial score (nSPS) is 13.3. The summed E-state index contributed by atoms with van der Waals surface area (Å²) in [5.74, 6) is 1.36. The summed E-state index contributed by atoms with van der Waals surface area (Å²) in [5.41, 5.74) is -0.124. The van der Waals surface area contributed by atoms with E-state index >= 15 is 0 Å². The molecule has 1 aromatic carbocycles. The van der Waals surface area contributed by atoms with Crippen LogP contribution in [0.25, 0.3) is 0 Å². The average Bonchev–Trinajstić information content (AvgIpc) is 2.42. The van der Waals surface area contributed by atoms with Gasteiger partial charge in [-0.15, -0.1) is 0 Å². The maximum absolute atomic E-state index is 12.5. The Balaban J connectivity index is 2.70. The van der Waals surface area contributed by atoms with Crippen molar-refractivity contribution in [2.75, 3.05) is 7.11 Å². The second kappa shape index (κ2) is 7.71. The lowest BCUT2D eigenvalue weighted by Crippen LogP contribution is -2.50. The first-order valence-corrected chi connectivity index (χ1v) is 8.19. The lowest BCUT2D eigenvalue weighted by Gasteiger charge is -2.34. The fraction of sp³-hybridized carbons (Fsp3) is 0.632. The molecule has 0 radical (unpaired) electrons. The van der Waals surface area contributed by atoms with Gasteiger partial charge in [-0.2, -0.15) is 0 Å². The fourth-order valence-corrected chi connectivity index (χ4v) is 2.92. The van der Waals surface area contributed by atoms with E-state index in [-0.39, 0.29) is 16.9 Å². The molecule has 0 unspecified atom stereocenters. The largest absolute Gasteiger partial charge is 0.497 e. The molecule has 23 heavy (non-hydrogen) atoms. The molecule has 0 heterocycles. The van der Waals surface area contributed by atoms with Gasteiger partial charge in [0.25, 0.3) is 5.91 Å². The van der Waals surface area contributed by atoms with Gasteiger partial charge in [0.2, 0.25) is 0 Å². The first-order chi connectivity index (χ1) is 10.6. The highest BCUT2D eigenvalue weighted by Gasteiger charge is 2.30. The number of amides is 1. The summed E-state index contributed by atoms with van der Waals surface area (Å²) in [6, 6.07) is 7.27. The molecule has 0 bridgehead atoms. The first kappa shape index (κ1) is 19.3. The molecular formula is C19H31NO3. The Labute approximate surface area is 140 Å². The summed E-state index contributed by atoms with van der Waals surface area (Å²) in [7, 11) is 1.62. The molecule has 1 N–H and O–H groups in total. The number of carbonyl (C=O) groups is 1. The van der Waals surface area contributed by atoms with Gasteiger partial charge in [-0.3, -0.25) is 4.79 Å². The van der Waals surface area contributed by atoms with Crippen LogP contribution in [0.4, 0.5) is 0 Å². The molecule has 130 valence electrons. The van der Waals surface area contributed by atoms with Crippen molar-refractivity contribution in [2.45, 2.75) is 66.0 Å². The van der Waals surface area contributed by atoms with Crippen molar-refractivity contribution in [3.63, 3.8) is 0 Å². The minimum Gasteiger partial charge on any atom is -0.497 e. The highest BCUT2D eigenvalue weighted by molar-refractivity contribution is 5.81. The molecule has 1 amide bonds. The minimum absolute atomic E-state index is 0.0717. The smallest absolute Gasteiger partial charge is 0.261 e. The second-order valence-corrected chi connectivity index (χ2v) is 7.80. The molecular weight excluding hydrogens is 290 g/mol. The van der Waals surface area contributed by atoms with E-state index in [1.54, 1.807) is 7.11 Å². The van der Waals surface area contributed by atoms with Crippen molar-refractivity contribution < 1.29 is 14.3 Å².